The quantitative estimate of drug-likeness (QED) is 0.661. The summed E-state index contributed by atoms with van der Waals surface area (Å²) in [6.45, 7) is 4.19. The van der Waals surface area contributed by atoms with Gasteiger partial charge in [-0.3, -0.25) is 0 Å². The topological polar surface area (TPSA) is 80.7 Å². The third-order valence-electron chi connectivity index (χ3n) is 2.45. The van der Waals surface area contributed by atoms with Crippen molar-refractivity contribution in [3.63, 3.8) is 0 Å². The van der Waals surface area contributed by atoms with Gasteiger partial charge < -0.3 is 19.9 Å². The maximum atomic E-state index is 11.0. The van der Waals surface area contributed by atoms with Gasteiger partial charge in [-0.2, -0.15) is 0 Å². The lowest BCUT2D eigenvalue weighted by atomic mass is 10.2. The summed E-state index contributed by atoms with van der Waals surface area (Å²) in [5.41, 5.74) is 0.967. The zero-order valence-electron chi connectivity index (χ0n) is 11.3. The average molecular weight is 268 g/mol. The van der Waals surface area contributed by atoms with Crippen molar-refractivity contribution in [2.24, 2.45) is 0 Å². The number of rotatable bonds is 9. The van der Waals surface area contributed by atoms with Crippen LogP contribution >= 0.6 is 0 Å². The highest BCUT2D eigenvalue weighted by molar-refractivity contribution is 5.93. The summed E-state index contributed by atoms with van der Waals surface area (Å²) in [7, 11) is 1.63. The van der Waals surface area contributed by atoms with Crippen LogP contribution in [-0.4, -0.2) is 49.5 Å². The molecule has 19 heavy (non-hydrogen) atoms. The van der Waals surface area contributed by atoms with Gasteiger partial charge in [-0.05, 0) is 25.5 Å². The molecule has 0 saturated carbocycles. The number of anilines is 1. The SMILES string of the molecule is COCCOCCCNc1nc(C)ccc1C(=O)O. The summed E-state index contributed by atoms with van der Waals surface area (Å²) < 4.78 is 10.2. The third kappa shape index (κ3) is 5.67. The normalized spacial score (nSPS) is 10.4. The smallest absolute Gasteiger partial charge is 0.339 e. The fourth-order valence-corrected chi connectivity index (χ4v) is 1.49. The van der Waals surface area contributed by atoms with Crippen LogP contribution in [0.3, 0.4) is 0 Å². The minimum Gasteiger partial charge on any atom is -0.478 e. The molecule has 0 saturated heterocycles. The monoisotopic (exact) mass is 268 g/mol. The lowest BCUT2D eigenvalue weighted by Crippen LogP contribution is -2.12. The van der Waals surface area contributed by atoms with Crippen molar-refractivity contribution in [1.82, 2.24) is 4.98 Å². The second kappa shape index (κ2) is 8.44. The fourth-order valence-electron chi connectivity index (χ4n) is 1.49. The van der Waals surface area contributed by atoms with Crippen molar-refractivity contribution in [2.45, 2.75) is 13.3 Å². The number of hydrogen-bond acceptors (Lipinski definition) is 5. The molecule has 0 aliphatic rings. The number of methoxy groups -OCH3 is 1. The first-order chi connectivity index (χ1) is 9.15. The number of ether oxygens (including phenoxy) is 2. The van der Waals surface area contributed by atoms with Crippen molar-refractivity contribution in [3.8, 4) is 0 Å². The van der Waals surface area contributed by atoms with Crippen molar-refractivity contribution in [1.29, 1.82) is 0 Å². The number of nitrogens with zero attached hydrogens (tertiary/aromatic N) is 1. The molecule has 0 bridgehead atoms. The summed E-state index contributed by atoms with van der Waals surface area (Å²) in [6.07, 6.45) is 0.776. The van der Waals surface area contributed by atoms with Crippen LogP contribution in [0.15, 0.2) is 12.1 Å². The van der Waals surface area contributed by atoms with Crippen molar-refractivity contribution in [2.75, 3.05) is 38.8 Å². The lowest BCUT2D eigenvalue weighted by Gasteiger charge is -2.09. The van der Waals surface area contributed by atoms with Crippen molar-refractivity contribution in [3.05, 3.63) is 23.4 Å². The molecular weight excluding hydrogens is 248 g/mol. The van der Waals surface area contributed by atoms with Gasteiger partial charge in [0.1, 0.15) is 11.4 Å². The van der Waals surface area contributed by atoms with E-state index in [0.29, 0.717) is 32.2 Å². The van der Waals surface area contributed by atoms with Gasteiger partial charge in [0.25, 0.3) is 0 Å². The van der Waals surface area contributed by atoms with Crippen LogP contribution in [0.5, 0.6) is 0 Å². The number of carbonyl (C=O) groups is 1. The minimum absolute atomic E-state index is 0.186. The Morgan fingerprint density at radius 3 is 2.84 bits per heavy atom. The third-order valence-corrected chi connectivity index (χ3v) is 2.45. The molecule has 1 aromatic heterocycles. The zero-order chi connectivity index (χ0) is 14.1. The molecule has 0 amide bonds. The highest BCUT2D eigenvalue weighted by atomic mass is 16.5. The summed E-state index contributed by atoms with van der Waals surface area (Å²) >= 11 is 0. The first kappa shape index (κ1) is 15.4. The molecule has 6 nitrogen and oxygen atoms in total. The Balaban J connectivity index is 2.36. The molecule has 0 spiro atoms. The number of pyridine rings is 1. The Morgan fingerprint density at radius 2 is 2.16 bits per heavy atom. The number of carboxylic acids is 1. The number of aromatic nitrogens is 1. The first-order valence-electron chi connectivity index (χ1n) is 6.16. The van der Waals surface area contributed by atoms with Crippen LogP contribution in [0.2, 0.25) is 0 Å². The maximum Gasteiger partial charge on any atom is 0.339 e. The fraction of sp³-hybridized carbons (Fsp3) is 0.538. The van der Waals surface area contributed by atoms with E-state index in [1.54, 1.807) is 19.2 Å². The number of hydrogen-bond donors (Lipinski definition) is 2. The first-order valence-corrected chi connectivity index (χ1v) is 6.16. The summed E-state index contributed by atoms with van der Waals surface area (Å²) in [5.74, 6) is -0.573. The lowest BCUT2D eigenvalue weighted by molar-refractivity contribution is 0.0697. The summed E-state index contributed by atoms with van der Waals surface area (Å²) in [4.78, 5) is 15.2. The second-order valence-corrected chi connectivity index (χ2v) is 4.04. The molecule has 2 N–H and O–H groups in total. The second-order valence-electron chi connectivity index (χ2n) is 4.04. The number of carboxylic acid groups (broad SMARTS) is 1. The molecule has 0 aliphatic heterocycles. The number of aromatic carboxylic acids is 1. The van der Waals surface area contributed by atoms with E-state index >= 15 is 0 Å². The van der Waals surface area contributed by atoms with Crippen molar-refractivity contribution < 1.29 is 19.4 Å². The van der Waals surface area contributed by atoms with Crippen LogP contribution < -0.4 is 5.32 Å². The van der Waals surface area contributed by atoms with Crippen LogP contribution in [0.1, 0.15) is 22.5 Å². The highest BCUT2D eigenvalue weighted by Crippen LogP contribution is 2.13. The summed E-state index contributed by atoms with van der Waals surface area (Å²) in [6, 6.07) is 3.24. The molecule has 1 heterocycles. The van der Waals surface area contributed by atoms with Gasteiger partial charge in [0.2, 0.25) is 0 Å². The molecule has 106 valence electrons. The molecular formula is C13H20N2O4. The van der Waals surface area contributed by atoms with Gasteiger partial charge in [-0.1, -0.05) is 0 Å². The van der Waals surface area contributed by atoms with E-state index in [9.17, 15) is 4.79 Å². The Kier molecular flexibility index (Phi) is 6.84. The zero-order valence-corrected chi connectivity index (χ0v) is 11.3. The molecule has 1 rings (SSSR count). The Morgan fingerprint density at radius 1 is 1.37 bits per heavy atom. The Bertz CT molecular complexity index is 410. The van der Waals surface area contributed by atoms with Crippen LogP contribution in [-0.2, 0) is 9.47 Å². The van der Waals surface area contributed by atoms with E-state index < -0.39 is 5.97 Å². The van der Waals surface area contributed by atoms with E-state index in [4.69, 9.17) is 14.6 Å². The van der Waals surface area contributed by atoms with Gasteiger partial charge in [-0.15, -0.1) is 0 Å². The molecule has 0 atom stereocenters. The standard InChI is InChI=1S/C13H20N2O4/c1-10-4-5-11(13(16)17)12(15-10)14-6-3-7-19-9-8-18-2/h4-5H,3,6-9H2,1-2H3,(H,14,15)(H,16,17). The van der Waals surface area contributed by atoms with Gasteiger partial charge in [-0.25, -0.2) is 9.78 Å². The number of aryl methyl sites for hydroxylation is 1. The average Bonchev–Trinajstić information content (AvgIpc) is 2.37. The van der Waals surface area contributed by atoms with Crippen LogP contribution in [0.25, 0.3) is 0 Å². The Labute approximate surface area is 112 Å². The van der Waals surface area contributed by atoms with Gasteiger partial charge in [0, 0.05) is 26.0 Å². The Hall–Kier alpha value is -1.66. The predicted molar refractivity (Wildman–Crippen MR) is 71.7 cm³/mol. The molecule has 0 aromatic carbocycles. The molecule has 0 unspecified atom stereocenters. The van der Waals surface area contributed by atoms with Crippen LogP contribution in [0.4, 0.5) is 5.82 Å². The van der Waals surface area contributed by atoms with E-state index in [2.05, 4.69) is 10.3 Å². The molecule has 1 aromatic rings. The molecule has 0 radical (unpaired) electrons. The molecule has 6 heteroatoms. The molecule has 0 fully saturated rings. The van der Waals surface area contributed by atoms with E-state index in [-0.39, 0.29) is 5.56 Å². The highest BCUT2D eigenvalue weighted by Gasteiger charge is 2.10. The maximum absolute atomic E-state index is 11.0. The van der Waals surface area contributed by atoms with E-state index in [0.717, 1.165) is 12.1 Å². The minimum atomic E-state index is -0.980. The van der Waals surface area contributed by atoms with Gasteiger partial charge in [0.05, 0.1) is 13.2 Å². The van der Waals surface area contributed by atoms with Gasteiger partial charge >= 0.3 is 5.97 Å². The van der Waals surface area contributed by atoms with Crippen molar-refractivity contribution >= 4 is 11.8 Å². The largest absolute Gasteiger partial charge is 0.478 e. The molecule has 0 aliphatic carbocycles. The van der Waals surface area contributed by atoms with Gasteiger partial charge in [0.15, 0.2) is 0 Å². The number of nitrogens with one attached hydrogen (secondary N) is 1. The van der Waals surface area contributed by atoms with E-state index in [1.807, 2.05) is 6.92 Å². The summed E-state index contributed by atoms with van der Waals surface area (Å²) in [5, 5.41) is 12.1. The predicted octanol–water partition coefficient (Wildman–Crippen LogP) is 1.55. The van der Waals surface area contributed by atoms with E-state index in [1.165, 1.54) is 0 Å². The van der Waals surface area contributed by atoms with Crippen LogP contribution in [0, 0.1) is 6.92 Å².